The molecule has 0 aromatic carbocycles. The highest BCUT2D eigenvalue weighted by atomic mass is 32.1. The van der Waals surface area contributed by atoms with Gasteiger partial charge in [0.2, 0.25) is 4.96 Å². The highest BCUT2D eigenvalue weighted by molar-refractivity contribution is 7.15. The summed E-state index contributed by atoms with van der Waals surface area (Å²) >= 11 is 1.54. The minimum atomic E-state index is -0.158. The summed E-state index contributed by atoms with van der Waals surface area (Å²) in [6.07, 6.45) is 4.18. The van der Waals surface area contributed by atoms with Gasteiger partial charge < -0.3 is 9.72 Å². The zero-order valence-electron chi connectivity index (χ0n) is 14.9. The van der Waals surface area contributed by atoms with Crippen LogP contribution in [0.5, 0.6) is 0 Å². The number of pyridine rings is 1. The Morgan fingerprint density at radius 1 is 1.31 bits per heavy atom. The Kier molecular flexibility index (Phi) is 3.99. The normalized spacial score (nSPS) is 12.1. The van der Waals surface area contributed by atoms with Crippen molar-refractivity contribution in [1.82, 2.24) is 29.3 Å². The van der Waals surface area contributed by atoms with Gasteiger partial charge in [-0.2, -0.15) is 5.10 Å². The second kappa shape index (κ2) is 6.21. The maximum atomic E-state index is 12.7. The molecule has 4 aromatic heterocycles. The van der Waals surface area contributed by atoms with E-state index in [4.69, 9.17) is 0 Å². The van der Waals surface area contributed by atoms with Crippen molar-refractivity contribution in [3.05, 3.63) is 53.3 Å². The van der Waals surface area contributed by atoms with Crippen LogP contribution in [0.1, 0.15) is 42.8 Å². The fourth-order valence-corrected chi connectivity index (χ4v) is 3.80. The number of amides is 1. The first-order valence-corrected chi connectivity index (χ1v) is 9.35. The van der Waals surface area contributed by atoms with Crippen LogP contribution in [0.15, 0.2) is 36.1 Å². The highest BCUT2D eigenvalue weighted by Crippen LogP contribution is 2.24. The minimum absolute atomic E-state index is 0.155. The van der Waals surface area contributed by atoms with E-state index in [2.05, 4.69) is 41.2 Å². The van der Waals surface area contributed by atoms with Crippen molar-refractivity contribution in [2.45, 2.75) is 32.6 Å². The molecule has 0 atom stereocenters. The second-order valence-corrected chi connectivity index (χ2v) is 8.01. The average molecular weight is 368 g/mol. The summed E-state index contributed by atoms with van der Waals surface area (Å²) < 4.78 is 3.80. The molecule has 1 amide bonds. The predicted molar refractivity (Wildman–Crippen MR) is 101 cm³/mol. The third kappa shape index (κ3) is 2.86. The summed E-state index contributed by atoms with van der Waals surface area (Å²) in [5.41, 5.74) is 2.17. The van der Waals surface area contributed by atoms with Crippen molar-refractivity contribution in [2.24, 2.45) is 0 Å². The lowest BCUT2D eigenvalue weighted by Gasteiger charge is -2.16. The van der Waals surface area contributed by atoms with Crippen LogP contribution in [-0.2, 0) is 11.8 Å². The van der Waals surface area contributed by atoms with E-state index >= 15 is 0 Å². The molecule has 4 heterocycles. The molecule has 1 N–H and O–H groups in total. The van der Waals surface area contributed by atoms with E-state index in [-0.39, 0.29) is 11.3 Å². The van der Waals surface area contributed by atoms with Gasteiger partial charge in [-0.05, 0) is 12.1 Å². The Bertz CT molecular complexity index is 1080. The Morgan fingerprint density at radius 3 is 2.96 bits per heavy atom. The zero-order chi connectivity index (χ0) is 18.3. The van der Waals surface area contributed by atoms with Crippen LogP contribution >= 0.6 is 11.3 Å². The number of nitrogens with one attached hydrogen (secondary N) is 1. The van der Waals surface area contributed by atoms with Gasteiger partial charge in [-0.1, -0.05) is 26.8 Å². The van der Waals surface area contributed by atoms with Crippen LogP contribution in [0.2, 0.25) is 0 Å². The van der Waals surface area contributed by atoms with Gasteiger partial charge >= 0.3 is 0 Å². The molecule has 0 fully saturated rings. The molecule has 0 radical (unpaired) electrons. The average Bonchev–Trinajstić information content (AvgIpc) is 3.28. The number of carbonyl (C=O) groups excluding carboxylic acids is 1. The number of hydrogen-bond acceptors (Lipinski definition) is 5. The second-order valence-electron chi connectivity index (χ2n) is 7.18. The Balaban J connectivity index is 1.54. The van der Waals surface area contributed by atoms with E-state index in [0.29, 0.717) is 18.7 Å². The van der Waals surface area contributed by atoms with Gasteiger partial charge in [0.05, 0.1) is 11.2 Å². The lowest BCUT2D eigenvalue weighted by molar-refractivity contribution is 0.0951. The van der Waals surface area contributed by atoms with E-state index < -0.39 is 0 Å². The van der Waals surface area contributed by atoms with Gasteiger partial charge in [-0.25, -0.2) is 14.5 Å². The molecule has 0 spiro atoms. The van der Waals surface area contributed by atoms with Gasteiger partial charge in [-0.15, -0.1) is 11.3 Å². The molecular weight excluding hydrogens is 348 g/mol. The molecule has 7 nitrogen and oxygen atoms in total. The summed E-state index contributed by atoms with van der Waals surface area (Å²) in [7, 11) is 0. The Morgan fingerprint density at radius 2 is 2.15 bits per heavy atom. The van der Waals surface area contributed by atoms with Crippen molar-refractivity contribution >= 4 is 27.7 Å². The lowest BCUT2D eigenvalue weighted by Crippen LogP contribution is -2.26. The molecule has 0 bridgehead atoms. The SMILES string of the molecule is CC(C)(C)c1nc(C(=O)NCCc2csc3ncnn23)c2ccccn12. The Labute approximate surface area is 154 Å². The third-order valence-corrected chi connectivity index (χ3v) is 5.07. The first-order chi connectivity index (χ1) is 12.4. The number of carbonyl (C=O) groups is 1. The minimum Gasteiger partial charge on any atom is -0.350 e. The molecule has 0 saturated heterocycles. The van der Waals surface area contributed by atoms with Crippen LogP contribution in [0.3, 0.4) is 0 Å². The van der Waals surface area contributed by atoms with E-state index in [1.807, 2.05) is 34.2 Å². The standard InChI is InChI=1S/C18H20N6OS/c1-18(2,3)16-22-14(13-6-4-5-9-23(13)16)15(25)19-8-7-12-10-26-17-20-11-21-24(12)17/h4-6,9-11H,7-8H2,1-3H3,(H,19,25). The van der Waals surface area contributed by atoms with Crippen molar-refractivity contribution in [1.29, 1.82) is 0 Å². The molecule has 0 aliphatic carbocycles. The van der Waals surface area contributed by atoms with Gasteiger partial charge in [0.15, 0.2) is 5.69 Å². The van der Waals surface area contributed by atoms with Gasteiger partial charge in [0, 0.05) is 30.0 Å². The van der Waals surface area contributed by atoms with Gasteiger partial charge in [0.25, 0.3) is 5.91 Å². The van der Waals surface area contributed by atoms with E-state index in [9.17, 15) is 4.79 Å². The number of imidazole rings is 1. The number of fused-ring (bicyclic) bond motifs is 2. The number of hydrogen-bond donors (Lipinski definition) is 1. The van der Waals surface area contributed by atoms with Crippen LogP contribution in [0.25, 0.3) is 10.5 Å². The fourth-order valence-electron chi connectivity index (χ4n) is 2.97. The summed E-state index contributed by atoms with van der Waals surface area (Å²) in [6.45, 7) is 6.80. The molecule has 4 rings (SSSR count). The van der Waals surface area contributed by atoms with Crippen LogP contribution in [-0.4, -0.2) is 36.4 Å². The molecule has 0 aliphatic heterocycles. The summed E-state index contributed by atoms with van der Waals surface area (Å²) in [5.74, 6) is 0.717. The van der Waals surface area contributed by atoms with Crippen LogP contribution in [0, 0.1) is 0 Å². The zero-order valence-corrected chi connectivity index (χ0v) is 15.7. The first-order valence-electron chi connectivity index (χ1n) is 8.47. The lowest BCUT2D eigenvalue weighted by atomic mass is 9.96. The first kappa shape index (κ1) is 16.7. The summed E-state index contributed by atoms with van der Waals surface area (Å²) in [6, 6.07) is 5.80. The fraction of sp³-hybridized carbons (Fsp3) is 0.333. The third-order valence-electron chi connectivity index (χ3n) is 4.19. The van der Waals surface area contributed by atoms with Crippen LogP contribution in [0.4, 0.5) is 0 Å². The van der Waals surface area contributed by atoms with Crippen LogP contribution < -0.4 is 5.32 Å². The molecule has 26 heavy (non-hydrogen) atoms. The topological polar surface area (TPSA) is 76.6 Å². The van der Waals surface area contributed by atoms with Gasteiger partial charge in [0.1, 0.15) is 12.2 Å². The maximum absolute atomic E-state index is 12.7. The molecule has 8 heteroatoms. The molecule has 0 unspecified atom stereocenters. The predicted octanol–water partition coefficient (Wildman–Crippen LogP) is 2.71. The van der Waals surface area contributed by atoms with E-state index in [1.54, 1.807) is 22.2 Å². The quantitative estimate of drug-likeness (QED) is 0.601. The van der Waals surface area contributed by atoms with Crippen molar-refractivity contribution in [3.63, 3.8) is 0 Å². The van der Waals surface area contributed by atoms with E-state index in [0.717, 1.165) is 22.0 Å². The number of thiazole rings is 1. The molecule has 4 aromatic rings. The number of aromatic nitrogens is 5. The molecule has 0 saturated carbocycles. The molecule has 0 aliphatic rings. The number of rotatable bonds is 4. The monoisotopic (exact) mass is 368 g/mol. The maximum Gasteiger partial charge on any atom is 0.272 e. The van der Waals surface area contributed by atoms with Crippen molar-refractivity contribution < 1.29 is 4.79 Å². The molecular formula is C18H20N6OS. The number of nitrogens with zero attached hydrogens (tertiary/aromatic N) is 5. The highest BCUT2D eigenvalue weighted by Gasteiger charge is 2.24. The van der Waals surface area contributed by atoms with Crippen molar-refractivity contribution in [3.8, 4) is 0 Å². The van der Waals surface area contributed by atoms with Crippen molar-refractivity contribution in [2.75, 3.05) is 6.54 Å². The smallest absolute Gasteiger partial charge is 0.272 e. The Hall–Kier alpha value is -2.74. The summed E-state index contributed by atoms with van der Waals surface area (Å²) in [4.78, 5) is 22.4. The largest absolute Gasteiger partial charge is 0.350 e. The molecule has 134 valence electrons. The van der Waals surface area contributed by atoms with Gasteiger partial charge in [-0.3, -0.25) is 4.79 Å². The summed E-state index contributed by atoms with van der Waals surface area (Å²) in [5, 5.41) is 9.19. The van der Waals surface area contributed by atoms with E-state index in [1.165, 1.54) is 0 Å².